The van der Waals surface area contributed by atoms with Gasteiger partial charge in [0.15, 0.2) is 5.78 Å². The number of rotatable bonds is 3. The van der Waals surface area contributed by atoms with Crippen LogP contribution in [0.5, 0.6) is 5.19 Å². The second kappa shape index (κ2) is 4.28. The lowest BCUT2D eigenvalue weighted by molar-refractivity contribution is 0.0873. The van der Waals surface area contributed by atoms with E-state index >= 15 is 0 Å². The van der Waals surface area contributed by atoms with Gasteiger partial charge in [-0.05, 0) is 13.3 Å². The molecule has 0 N–H and O–H groups in total. The Morgan fingerprint density at radius 3 is 3.07 bits per heavy atom. The monoisotopic (exact) mass is 227 g/mol. The number of nitrogens with zero attached hydrogens (tertiary/aromatic N) is 1. The van der Waals surface area contributed by atoms with E-state index in [1.54, 1.807) is 12.5 Å². The third-order valence-corrected chi connectivity index (χ3v) is 3.28. The van der Waals surface area contributed by atoms with Crippen molar-refractivity contribution < 1.29 is 14.3 Å². The van der Waals surface area contributed by atoms with Crippen molar-refractivity contribution in [3.63, 3.8) is 0 Å². The number of hydrogen-bond acceptors (Lipinski definition) is 5. The molecule has 0 radical (unpaired) electrons. The molecule has 82 valence electrons. The van der Waals surface area contributed by atoms with Crippen LogP contribution in [-0.2, 0) is 4.74 Å². The van der Waals surface area contributed by atoms with Gasteiger partial charge >= 0.3 is 0 Å². The van der Waals surface area contributed by atoms with E-state index in [-0.39, 0.29) is 17.8 Å². The van der Waals surface area contributed by atoms with Crippen molar-refractivity contribution in [3.05, 3.63) is 11.1 Å². The van der Waals surface area contributed by atoms with Crippen molar-refractivity contribution in [1.29, 1.82) is 0 Å². The molecule has 0 aliphatic carbocycles. The van der Waals surface area contributed by atoms with E-state index in [0.29, 0.717) is 17.5 Å². The fourth-order valence-corrected chi connectivity index (χ4v) is 2.30. The van der Waals surface area contributed by atoms with Crippen LogP contribution in [0, 0.1) is 5.92 Å². The van der Waals surface area contributed by atoms with Crippen molar-refractivity contribution in [2.24, 2.45) is 5.92 Å². The number of carbonyl (C=O) groups excluding carboxylic acids is 1. The first-order chi connectivity index (χ1) is 7.20. The van der Waals surface area contributed by atoms with Gasteiger partial charge < -0.3 is 9.47 Å². The van der Waals surface area contributed by atoms with Gasteiger partial charge in [-0.15, -0.1) is 0 Å². The minimum Gasteiger partial charge on any atom is -0.473 e. The zero-order chi connectivity index (χ0) is 10.8. The Hall–Kier alpha value is -0.940. The molecule has 1 saturated heterocycles. The molecule has 0 amide bonds. The molecular weight excluding hydrogens is 214 g/mol. The van der Waals surface area contributed by atoms with Crippen LogP contribution in [0.25, 0.3) is 0 Å². The summed E-state index contributed by atoms with van der Waals surface area (Å²) in [4.78, 5) is 16.0. The summed E-state index contributed by atoms with van der Waals surface area (Å²) in [6, 6.07) is 0. The molecule has 2 atom stereocenters. The van der Waals surface area contributed by atoms with Crippen molar-refractivity contribution in [2.45, 2.75) is 19.4 Å². The molecule has 0 bridgehead atoms. The Morgan fingerprint density at radius 1 is 1.73 bits per heavy atom. The van der Waals surface area contributed by atoms with E-state index in [1.807, 2.05) is 6.92 Å². The largest absolute Gasteiger partial charge is 0.473 e. The van der Waals surface area contributed by atoms with Gasteiger partial charge in [-0.25, -0.2) is 0 Å². The molecule has 2 heterocycles. The Balaban J connectivity index is 2.07. The van der Waals surface area contributed by atoms with Gasteiger partial charge in [0.25, 0.3) is 5.19 Å². The molecule has 4 nitrogen and oxygen atoms in total. The average Bonchev–Trinajstić information content (AvgIpc) is 2.84. The topological polar surface area (TPSA) is 48.4 Å². The molecule has 2 rings (SSSR count). The lowest BCUT2D eigenvalue weighted by Crippen LogP contribution is -2.15. The maximum Gasteiger partial charge on any atom is 0.273 e. The van der Waals surface area contributed by atoms with E-state index in [4.69, 9.17) is 9.47 Å². The van der Waals surface area contributed by atoms with Crippen LogP contribution in [0.4, 0.5) is 0 Å². The third-order valence-electron chi connectivity index (χ3n) is 2.48. The van der Waals surface area contributed by atoms with Crippen molar-refractivity contribution in [3.8, 4) is 5.19 Å². The smallest absolute Gasteiger partial charge is 0.273 e. The summed E-state index contributed by atoms with van der Waals surface area (Å²) < 4.78 is 10.3. The zero-order valence-corrected chi connectivity index (χ0v) is 9.54. The zero-order valence-electron chi connectivity index (χ0n) is 8.73. The van der Waals surface area contributed by atoms with Crippen LogP contribution in [0.1, 0.15) is 23.8 Å². The maximum absolute atomic E-state index is 11.9. The first kappa shape index (κ1) is 10.6. The number of thiazole rings is 1. The number of Topliss-reactive ketones (excluding diaryl/α,β-unsaturated/α-hetero) is 1. The van der Waals surface area contributed by atoms with Crippen LogP contribution in [0.3, 0.4) is 0 Å². The first-order valence-electron chi connectivity index (χ1n) is 4.86. The van der Waals surface area contributed by atoms with Crippen LogP contribution < -0.4 is 4.74 Å². The van der Waals surface area contributed by atoms with E-state index in [9.17, 15) is 4.79 Å². The van der Waals surface area contributed by atoms with Crippen LogP contribution in [-0.4, -0.2) is 30.6 Å². The van der Waals surface area contributed by atoms with Gasteiger partial charge in [0.2, 0.25) is 0 Å². The van der Waals surface area contributed by atoms with E-state index < -0.39 is 0 Å². The third kappa shape index (κ3) is 2.18. The number of ether oxygens (including phenoxy) is 2. The van der Waals surface area contributed by atoms with E-state index in [2.05, 4.69) is 4.98 Å². The highest BCUT2D eigenvalue weighted by Gasteiger charge is 2.30. The fraction of sp³-hybridized carbons (Fsp3) is 0.600. The molecule has 15 heavy (non-hydrogen) atoms. The Bertz CT molecular complexity index is 363. The molecule has 0 aromatic carbocycles. The van der Waals surface area contributed by atoms with Gasteiger partial charge in [-0.2, -0.15) is 4.98 Å². The molecule has 1 aromatic rings. The quantitative estimate of drug-likeness (QED) is 0.738. The fourth-order valence-electron chi connectivity index (χ4n) is 1.67. The molecular formula is C10H13NO3S. The summed E-state index contributed by atoms with van der Waals surface area (Å²) in [5, 5.41) is 2.27. The van der Waals surface area contributed by atoms with Gasteiger partial charge in [-0.1, -0.05) is 11.3 Å². The van der Waals surface area contributed by atoms with Gasteiger partial charge in [0, 0.05) is 11.3 Å². The normalized spacial score (nSPS) is 25.5. The number of methoxy groups -OCH3 is 1. The summed E-state index contributed by atoms with van der Waals surface area (Å²) in [6.07, 6.45) is 0.970. The van der Waals surface area contributed by atoms with Crippen molar-refractivity contribution >= 4 is 17.1 Å². The summed E-state index contributed by atoms with van der Waals surface area (Å²) in [6.45, 7) is 2.49. The molecule has 0 spiro atoms. The Morgan fingerprint density at radius 2 is 2.53 bits per heavy atom. The standard InChI is InChI=1S/C10H13NO3S/c1-6-3-7(4-14-6)9(12)8-5-15-10(11-8)13-2/h5-7H,3-4H2,1-2H3. The second-order valence-electron chi connectivity index (χ2n) is 3.64. The Labute approximate surface area is 92.2 Å². The number of ketones is 1. The minimum absolute atomic E-state index is 0.0354. The molecule has 1 aliphatic rings. The second-order valence-corrected chi connectivity index (χ2v) is 4.46. The van der Waals surface area contributed by atoms with Gasteiger partial charge in [0.1, 0.15) is 5.69 Å². The Kier molecular flexibility index (Phi) is 3.02. The molecule has 0 saturated carbocycles. The number of aromatic nitrogens is 1. The molecule has 1 aromatic heterocycles. The number of carbonyl (C=O) groups is 1. The summed E-state index contributed by atoms with van der Waals surface area (Å²) in [5.74, 6) is 0.0331. The van der Waals surface area contributed by atoms with Crippen LogP contribution in [0.2, 0.25) is 0 Å². The first-order valence-corrected chi connectivity index (χ1v) is 5.74. The van der Waals surface area contributed by atoms with Gasteiger partial charge in [0.05, 0.1) is 19.8 Å². The maximum atomic E-state index is 11.9. The number of hydrogen-bond donors (Lipinski definition) is 0. The SMILES string of the molecule is COc1nc(C(=O)C2COC(C)C2)cs1. The summed E-state index contributed by atoms with van der Waals surface area (Å²) in [5.41, 5.74) is 0.500. The highest BCUT2D eigenvalue weighted by Crippen LogP contribution is 2.25. The highest BCUT2D eigenvalue weighted by molar-refractivity contribution is 7.11. The molecule has 1 fully saturated rings. The average molecular weight is 227 g/mol. The van der Waals surface area contributed by atoms with E-state index in [0.717, 1.165) is 6.42 Å². The predicted molar refractivity (Wildman–Crippen MR) is 56.5 cm³/mol. The summed E-state index contributed by atoms with van der Waals surface area (Å²) in [7, 11) is 1.55. The van der Waals surface area contributed by atoms with Crippen LogP contribution in [0.15, 0.2) is 5.38 Å². The van der Waals surface area contributed by atoms with Crippen LogP contribution >= 0.6 is 11.3 Å². The molecule has 2 unspecified atom stereocenters. The van der Waals surface area contributed by atoms with Crippen molar-refractivity contribution in [1.82, 2.24) is 4.98 Å². The highest BCUT2D eigenvalue weighted by atomic mass is 32.1. The molecule has 1 aliphatic heterocycles. The molecule has 5 heteroatoms. The lowest BCUT2D eigenvalue weighted by Gasteiger charge is -2.02. The lowest BCUT2D eigenvalue weighted by atomic mass is 9.99. The van der Waals surface area contributed by atoms with Crippen molar-refractivity contribution in [2.75, 3.05) is 13.7 Å². The predicted octanol–water partition coefficient (Wildman–Crippen LogP) is 1.76. The summed E-state index contributed by atoms with van der Waals surface area (Å²) >= 11 is 1.34. The van der Waals surface area contributed by atoms with Gasteiger partial charge in [-0.3, -0.25) is 4.79 Å². The minimum atomic E-state index is -0.0354. The van der Waals surface area contributed by atoms with E-state index in [1.165, 1.54) is 11.3 Å².